The minimum Gasteiger partial charge on any atom is -0.398 e. The largest absolute Gasteiger partial charge is 0.398 e. The first-order valence-corrected chi connectivity index (χ1v) is 12.3. The van der Waals surface area contributed by atoms with Crippen molar-refractivity contribution in [2.75, 3.05) is 0 Å². The summed E-state index contributed by atoms with van der Waals surface area (Å²) >= 11 is 0. The number of hydrogen-bond donors (Lipinski definition) is 1. The summed E-state index contributed by atoms with van der Waals surface area (Å²) in [5, 5.41) is 0. The molecule has 1 aliphatic rings. The average Bonchev–Trinajstić information content (AvgIpc) is 3.21. The topological polar surface area (TPSA) is 26.0 Å². The molecule has 2 aromatic rings. The highest BCUT2D eigenvalue weighted by Gasteiger charge is 2.23. The maximum absolute atomic E-state index is 13.9. The zero-order chi connectivity index (χ0) is 25.2. The molecule has 1 atom stereocenters. The Morgan fingerprint density at radius 1 is 1.11 bits per heavy atom. The predicted octanol–water partition coefficient (Wildman–Crippen LogP) is 8.62. The highest BCUT2D eigenvalue weighted by molar-refractivity contribution is 5.85. The molecule has 0 spiro atoms. The molecule has 35 heavy (non-hydrogen) atoms. The van der Waals surface area contributed by atoms with Crippen molar-refractivity contribution in [2.45, 2.75) is 45.4 Å². The van der Waals surface area contributed by atoms with Gasteiger partial charge < -0.3 is 5.73 Å². The van der Waals surface area contributed by atoms with Crippen molar-refractivity contribution < 1.29 is 4.39 Å². The van der Waals surface area contributed by atoms with Crippen LogP contribution in [0.25, 0.3) is 11.3 Å². The van der Waals surface area contributed by atoms with Gasteiger partial charge in [0.2, 0.25) is 0 Å². The van der Waals surface area contributed by atoms with Crippen LogP contribution in [0.2, 0.25) is 0 Å². The Bertz CT molecular complexity index is 1220. The van der Waals surface area contributed by atoms with Crippen LogP contribution in [0.1, 0.15) is 60.4 Å². The van der Waals surface area contributed by atoms with Gasteiger partial charge in [-0.15, -0.1) is 0 Å². The number of allylic oxidation sites excluding steroid dienone is 11. The number of fused-ring (bicyclic) bond motifs is 1. The lowest BCUT2D eigenvalue weighted by atomic mass is 9.85. The number of benzene rings is 2. The van der Waals surface area contributed by atoms with Crippen molar-refractivity contribution in [1.82, 2.24) is 0 Å². The van der Waals surface area contributed by atoms with E-state index in [2.05, 4.69) is 63.4 Å². The van der Waals surface area contributed by atoms with E-state index in [1.807, 2.05) is 24.3 Å². The molecule has 0 radical (unpaired) electrons. The van der Waals surface area contributed by atoms with Crippen LogP contribution in [-0.2, 0) is 12.8 Å². The predicted molar refractivity (Wildman–Crippen MR) is 150 cm³/mol. The van der Waals surface area contributed by atoms with E-state index < -0.39 is 0 Å². The Balaban J connectivity index is 1.77. The van der Waals surface area contributed by atoms with Gasteiger partial charge in [-0.25, -0.2) is 4.39 Å². The third-order valence-electron chi connectivity index (χ3n) is 6.53. The average molecular weight is 466 g/mol. The maximum Gasteiger partial charge on any atom is 0.132 e. The molecule has 0 unspecified atom stereocenters. The first-order valence-electron chi connectivity index (χ1n) is 12.3. The first-order chi connectivity index (χ1) is 17.0. The van der Waals surface area contributed by atoms with Gasteiger partial charge >= 0.3 is 0 Å². The zero-order valence-corrected chi connectivity index (χ0v) is 20.9. The van der Waals surface area contributed by atoms with Gasteiger partial charge in [0.05, 0.1) is 0 Å². The Morgan fingerprint density at radius 2 is 1.91 bits per heavy atom. The SMILES string of the molecule is C=C/C=C\Cc1c([C@@H](C)CC/C=C\C=C(/N)c2ccccc2F)ccc2c1CC(/C=C\C)=C2C=C. The molecule has 0 aliphatic heterocycles. The van der Waals surface area contributed by atoms with E-state index in [-0.39, 0.29) is 5.82 Å². The summed E-state index contributed by atoms with van der Waals surface area (Å²) in [6, 6.07) is 11.1. The summed E-state index contributed by atoms with van der Waals surface area (Å²) in [5.74, 6) is 0.104. The second-order valence-electron chi connectivity index (χ2n) is 8.86. The fraction of sp³-hybridized carbons (Fsp3) is 0.212. The van der Waals surface area contributed by atoms with E-state index >= 15 is 0 Å². The van der Waals surface area contributed by atoms with Crippen molar-refractivity contribution in [3.8, 4) is 0 Å². The first kappa shape index (κ1) is 26.0. The molecule has 2 N–H and O–H groups in total. The molecule has 180 valence electrons. The smallest absolute Gasteiger partial charge is 0.132 e. The van der Waals surface area contributed by atoms with E-state index in [0.717, 1.165) is 25.7 Å². The summed E-state index contributed by atoms with van der Waals surface area (Å²) in [7, 11) is 0. The van der Waals surface area contributed by atoms with E-state index in [0.29, 0.717) is 17.2 Å². The van der Waals surface area contributed by atoms with Crippen LogP contribution in [0.3, 0.4) is 0 Å². The van der Waals surface area contributed by atoms with Crippen molar-refractivity contribution >= 4 is 11.3 Å². The molecule has 0 aromatic heterocycles. The fourth-order valence-corrected chi connectivity index (χ4v) is 4.75. The summed E-state index contributed by atoms with van der Waals surface area (Å²) in [6.07, 6.45) is 21.9. The highest BCUT2D eigenvalue weighted by Crippen LogP contribution is 2.40. The third-order valence-corrected chi connectivity index (χ3v) is 6.53. The third kappa shape index (κ3) is 6.27. The van der Waals surface area contributed by atoms with Gasteiger partial charge in [0.1, 0.15) is 5.82 Å². The molecular formula is C33H36FN. The van der Waals surface area contributed by atoms with Gasteiger partial charge in [0.25, 0.3) is 0 Å². The molecular weight excluding hydrogens is 429 g/mol. The molecule has 1 aliphatic carbocycles. The quantitative estimate of drug-likeness (QED) is 0.330. The number of hydrogen-bond acceptors (Lipinski definition) is 1. The van der Waals surface area contributed by atoms with Crippen molar-refractivity contribution in [3.63, 3.8) is 0 Å². The Kier molecular flexibility index (Phi) is 9.43. The molecule has 0 amide bonds. The Morgan fingerprint density at radius 3 is 2.63 bits per heavy atom. The molecule has 2 heteroatoms. The second-order valence-corrected chi connectivity index (χ2v) is 8.86. The van der Waals surface area contributed by atoms with Gasteiger partial charge in [-0.1, -0.05) is 93.0 Å². The monoisotopic (exact) mass is 465 g/mol. The van der Waals surface area contributed by atoms with Gasteiger partial charge in [-0.3, -0.25) is 0 Å². The van der Waals surface area contributed by atoms with Gasteiger partial charge in [0.15, 0.2) is 0 Å². The molecule has 0 saturated carbocycles. The second kappa shape index (κ2) is 12.7. The molecule has 3 rings (SSSR count). The van der Waals surface area contributed by atoms with Crippen LogP contribution in [-0.4, -0.2) is 0 Å². The molecule has 0 saturated heterocycles. The summed E-state index contributed by atoms with van der Waals surface area (Å²) in [5.41, 5.74) is 15.0. The van der Waals surface area contributed by atoms with E-state index in [1.165, 1.54) is 39.5 Å². The van der Waals surface area contributed by atoms with E-state index in [9.17, 15) is 4.39 Å². The van der Waals surface area contributed by atoms with E-state index in [1.54, 1.807) is 24.3 Å². The van der Waals surface area contributed by atoms with Gasteiger partial charge in [-0.05, 0) is 90.1 Å². The lowest BCUT2D eigenvalue weighted by Crippen LogP contribution is -2.04. The number of rotatable bonds is 11. The molecule has 0 heterocycles. The fourth-order valence-electron chi connectivity index (χ4n) is 4.75. The number of nitrogens with two attached hydrogens (primary N) is 1. The summed E-state index contributed by atoms with van der Waals surface area (Å²) in [6.45, 7) is 12.2. The number of halogens is 1. The Labute approximate surface area is 210 Å². The van der Waals surface area contributed by atoms with Crippen LogP contribution in [0.5, 0.6) is 0 Å². The summed E-state index contributed by atoms with van der Waals surface area (Å²) < 4.78 is 13.9. The van der Waals surface area contributed by atoms with Crippen LogP contribution < -0.4 is 5.73 Å². The lowest BCUT2D eigenvalue weighted by Gasteiger charge is -2.19. The standard InChI is InChI=1S/C33H36FN/c1-5-8-10-17-28-27(21-22-29-26(7-3)25(15-6-2)23-31(28)29)24(4)16-11-9-12-20-33(35)30-18-13-14-19-32(30)34/h5-10,12-15,18-22,24H,1,3,11,16-17,23,35H2,2,4H3/b10-8-,12-9-,15-6-,33-20-/t24-/m0/s1. The van der Waals surface area contributed by atoms with Gasteiger partial charge in [0, 0.05) is 11.3 Å². The van der Waals surface area contributed by atoms with Crippen molar-refractivity contribution in [3.05, 3.63) is 143 Å². The van der Waals surface area contributed by atoms with Crippen molar-refractivity contribution in [1.29, 1.82) is 0 Å². The van der Waals surface area contributed by atoms with E-state index in [4.69, 9.17) is 5.73 Å². The minimum atomic E-state index is -0.301. The van der Waals surface area contributed by atoms with Crippen LogP contribution >= 0.6 is 0 Å². The minimum absolute atomic E-state index is 0.301. The Hall–Kier alpha value is -3.65. The lowest BCUT2D eigenvalue weighted by molar-refractivity contribution is 0.624. The normalized spacial score (nSPS) is 14.9. The van der Waals surface area contributed by atoms with Crippen LogP contribution in [0.4, 0.5) is 4.39 Å². The molecule has 0 bridgehead atoms. The van der Waals surface area contributed by atoms with Crippen LogP contribution in [0, 0.1) is 5.82 Å². The zero-order valence-electron chi connectivity index (χ0n) is 20.9. The molecule has 1 nitrogen and oxygen atoms in total. The maximum atomic E-state index is 13.9. The molecule has 0 fully saturated rings. The van der Waals surface area contributed by atoms with Gasteiger partial charge in [-0.2, -0.15) is 0 Å². The highest BCUT2D eigenvalue weighted by atomic mass is 19.1. The van der Waals surface area contributed by atoms with Crippen LogP contribution in [0.15, 0.2) is 110 Å². The van der Waals surface area contributed by atoms with Crippen molar-refractivity contribution in [2.24, 2.45) is 5.73 Å². The summed E-state index contributed by atoms with van der Waals surface area (Å²) in [4.78, 5) is 0. The molecule has 2 aromatic carbocycles.